The second-order valence-corrected chi connectivity index (χ2v) is 21.3. The first kappa shape index (κ1) is 65.5. The van der Waals surface area contributed by atoms with E-state index in [1.807, 2.05) is 0 Å². The van der Waals surface area contributed by atoms with Gasteiger partial charge in [0.1, 0.15) is 60.1 Å². The Balaban J connectivity index is 1.18. The predicted molar refractivity (Wildman–Crippen MR) is 309 cm³/mol. The number of fused-ring (bicyclic) bond motifs is 1. The molecule has 0 bridgehead atoms. The van der Waals surface area contributed by atoms with Gasteiger partial charge in [0.05, 0.1) is 25.2 Å². The maximum Gasteiger partial charge on any atom is 0.245 e. The van der Waals surface area contributed by atoms with Crippen LogP contribution >= 0.6 is 0 Å². The third kappa shape index (κ3) is 18.7. The zero-order chi connectivity index (χ0) is 62.6. The van der Waals surface area contributed by atoms with Crippen LogP contribution in [0, 0.1) is 11.3 Å². The summed E-state index contributed by atoms with van der Waals surface area (Å²) in [6.45, 7) is 3.60. The number of rotatable bonds is 31. The van der Waals surface area contributed by atoms with Crippen LogP contribution in [0.15, 0.2) is 67.3 Å². The van der Waals surface area contributed by atoms with E-state index in [1.54, 1.807) is 44.3 Å². The summed E-state index contributed by atoms with van der Waals surface area (Å²) in [7, 11) is 0. The van der Waals surface area contributed by atoms with Crippen LogP contribution < -0.4 is 64.6 Å². The number of benzene rings is 2. The minimum absolute atomic E-state index is 0.0142. The molecule has 2 saturated heterocycles. The number of hydrogen-bond acceptors (Lipinski definition) is 15. The highest BCUT2D eigenvalue weighted by Gasteiger charge is 2.40. The highest BCUT2D eigenvalue weighted by atomic mass is 16.3. The van der Waals surface area contributed by atoms with Crippen LogP contribution in [0.25, 0.3) is 10.9 Å². The Morgan fingerprint density at radius 1 is 0.744 bits per heavy atom. The van der Waals surface area contributed by atoms with E-state index in [2.05, 4.69) is 68.1 Å². The predicted octanol–water partition coefficient (Wildman–Crippen LogP) is -3.79. The number of guanidine groups is 1. The molecule has 30 heteroatoms. The molecule has 2 aliphatic heterocycles. The van der Waals surface area contributed by atoms with Crippen molar-refractivity contribution in [2.24, 2.45) is 17.4 Å². The number of carbonyl (C=O) groups is 11. The van der Waals surface area contributed by atoms with Crippen molar-refractivity contribution in [1.82, 2.24) is 73.0 Å². The molecule has 0 spiro atoms. The highest BCUT2D eigenvalue weighted by molar-refractivity contribution is 5.99. The van der Waals surface area contributed by atoms with Gasteiger partial charge in [-0.3, -0.25) is 58.1 Å². The summed E-state index contributed by atoms with van der Waals surface area (Å²) in [5.41, 5.74) is 12.7. The van der Waals surface area contributed by atoms with Crippen molar-refractivity contribution < 1.29 is 63.0 Å². The first-order chi connectivity index (χ1) is 41.0. The lowest BCUT2D eigenvalue weighted by Crippen LogP contribution is -2.61. The van der Waals surface area contributed by atoms with E-state index in [4.69, 9.17) is 16.9 Å². The molecule has 2 aromatic carbocycles. The van der Waals surface area contributed by atoms with Crippen LogP contribution in [0.5, 0.6) is 5.75 Å². The average molecular weight is 1200 g/mol. The number of nitrogens with one attached hydrogen (secondary N) is 13. The number of aliphatic hydroxyl groups is 1. The number of carbonyl (C=O) groups excluding carboxylic acids is 11. The van der Waals surface area contributed by atoms with Gasteiger partial charge in [0.25, 0.3) is 0 Å². The lowest BCUT2D eigenvalue weighted by molar-refractivity contribution is -0.142. The molecular weight excluding hydrogens is 1120 g/mol. The van der Waals surface area contributed by atoms with E-state index < -0.39 is 133 Å². The van der Waals surface area contributed by atoms with Gasteiger partial charge in [0, 0.05) is 62.1 Å². The number of hydrogen-bond donors (Lipinski definition) is 17. The zero-order valence-corrected chi connectivity index (χ0v) is 48.0. The summed E-state index contributed by atoms with van der Waals surface area (Å²) in [6, 6.07) is 0.876. The number of H-pyrrole nitrogens is 2. The molecule has 464 valence electrons. The lowest BCUT2D eigenvalue weighted by atomic mass is 9.97. The first-order valence-corrected chi connectivity index (χ1v) is 28.3. The molecule has 4 heterocycles. The van der Waals surface area contributed by atoms with Crippen LogP contribution in [0.2, 0.25) is 0 Å². The number of phenols is 1. The number of para-hydroxylation sites is 1. The molecular formula is C56H77N17O13. The Morgan fingerprint density at radius 2 is 1.40 bits per heavy atom. The molecule has 10 atom stereocenters. The highest BCUT2D eigenvalue weighted by Crippen LogP contribution is 2.22. The molecule has 86 heavy (non-hydrogen) atoms. The van der Waals surface area contributed by atoms with Gasteiger partial charge in [-0.05, 0) is 74.3 Å². The van der Waals surface area contributed by atoms with Crippen molar-refractivity contribution >= 4 is 81.8 Å². The quantitative estimate of drug-likeness (QED) is 0.0131. The topological polar surface area (TPSA) is 472 Å². The van der Waals surface area contributed by atoms with Crippen molar-refractivity contribution in [3.63, 3.8) is 0 Å². The minimum Gasteiger partial charge on any atom is -0.508 e. The SMILES string of the molecule is CC[C@H](C)[C@H](NC(=O)[C@@H](C)NC(=O)[C@H](Cc1ccc(O)cc1)NC(=O)[C@H](CO)NC(=O)[C@H](Cc1c[nH]c2ccccc12)NC(=O)[C@H](Cc1c[nH]cn1)NC(=O)[C@@H]1CCC(=O)N1)C(=O)N[C@@H](CCCNC(=N)N)C(=O)N1CCC[C@H]1C(=O)NCC(N)=O. The van der Waals surface area contributed by atoms with E-state index >= 15 is 0 Å². The molecule has 0 saturated carbocycles. The summed E-state index contributed by atoms with van der Waals surface area (Å²) in [5, 5.41) is 54.9. The van der Waals surface area contributed by atoms with Gasteiger partial charge in [-0.1, -0.05) is 50.6 Å². The van der Waals surface area contributed by atoms with Crippen LogP contribution in [-0.2, 0) is 72.0 Å². The van der Waals surface area contributed by atoms with Gasteiger partial charge in [0.2, 0.25) is 65.0 Å². The Hall–Kier alpha value is -9.61. The zero-order valence-electron chi connectivity index (χ0n) is 48.0. The Labute approximate surface area is 494 Å². The monoisotopic (exact) mass is 1200 g/mol. The standard InChI is InChI=1S/C56H77N17O13/c1-4-29(2)46(54(85)67-38(11-7-19-61-56(58)59)55(86)73-20-8-12-43(73)53(84)63-26-44(57)76)72-47(78)30(3)65-49(80)39(21-31-13-15-34(75)16-14-31)68-52(83)42(27-74)71-50(81)40(22-32-24-62-36-10-6-5-9-35(32)36)69-51(82)41(23-33-25-60-28-64-33)70-48(79)37-17-18-45(77)66-37/h5-6,9-10,13-16,24-25,28-30,37-43,46,62,74-75H,4,7-8,11-12,17-23,26-27H2,1-3H3,(H2,57,76)(H,60,64)(H,63,84)(H,65,80)(H,66,77)(H,67,85)(H,68,83)(H,69,82)(H,70,79)(H,71,81)(H,72,78)(H4,58,59,61)/t29-,30+,37-,38-,39-,40-,41-,42-,43-,46-/m0/s1. The van der Waals surface area contributed by atoms with Crippen molar-refractivity contribution in [3.05, 3.63) is 84.1 Å². The smallest absolute Gasteiger partial charge is 0.245 e. The van der Waals surface area contributed by atoms with Crippen LogP contribution in [0.1, 0.15) is 82.5 Å². The van der Waals surface area contributed by atoms with Gasteiger partial charge in [-0.25, -0.2) is 4.98 Å². The normalized spacial score (nSPS) is 17.4. The van der Waals surface area contributed by atoms with Crippen molar-refractivity contribution in [1.29, 1.82) is 5.41 Å². The number of aromatic amines is 2. The summed E-state index contributed by atoms with van der Waals surface area (Å²) in [5.74, 6) is -9.39. The van der Waals surface area contributed by atoms with Crippen LogP contribution in [-0.4, -0.2) is 182 Å². The van der Waals surface area contributed by atoms with Gasteiger partial charge >= 0.3 is 0 Å². The number of nitrogens with zero attached hydrogens (tertiary/aromatic N) is 2. The molecule has 0 radical (unpaired) electrons. The summed E-state index contributed by atoms with van der Waals surface area (Å²) >= 11 is 0. The fourth-order valence-corrected chi connectivity index (χ4v) is 9.92. The third-order valence-corrected chi connectivity index (χ3v) is 14.9. The van der Waals surface area contributed by atoms with Crippen molar-refractivity contribution in [2.45, 2.75) is 139 Å². The average Bonchev–Trinajstić information content (AvgIpc) is 3.62. The first-order valence-electron chi connectivity index (χ1n) is 28.3. The molecule has 2 aromatic heterocycles. The summed E-state index contributed by atoms with van der Waals surface area (Å²) in [4.78, 5) is 161. The number of phenolic OH excluding ortho intramolecular Hbond substituents is 1. The molecule has 2 aliphatic rings. The Bertz CT molecular complexity index is 3080. The molecule has 2 fully saturated rings. The maximum atomic E-state index is 14.5. The van der Waals surface area contributed by atoms with E-state index in [0.717, 1.165) is 0 Å². The third-order valence-electron chi connectivity index (χ3n) is 14.9. The number of imidazole rings is 1. The molecule has 4 aromatic rings. The summed E-state index contributed by atoms with van der Waals surface area (Å²) < 4.78 is 0. The van der Waals surface area contributed by atoms with E-state index in [-0.39, 0.29) is 82.1 Å². The number of aromatic hydroxyl groups is 1. The van der Waals surface area contributed by atoms with Gasteiger partial charge in [-0.2, -0.15) is 0 Å². The fourth-order valence-electron chi connectivity index (χ4n) is 9.92. The van der Waals surface area contributed by atoms with Crippen LogP contribution in [0.4, 0.5) is 0 Å². The number of primary amides is 1. The number of aliphatic hydroxyl groups excluding tert-OH is 1. The number of nitrogens with two attached hydrogens (primary N) is 2. The van der Waals surface area contributed by atoms with E-state index in [9.17, 15) is 63.0 Å². The second-order valence-electron chi connectivity index (χ2n) is 21.3. The molecule has 30 nitrogen and oxygen atoms in total. The van der Waals surface area contributed by atoms with E-state index in [0.29, 0.717) is 40.6 Å². The second kappa shape index (κ2) is 31.3. The van der Waals surface area contributed by atoms with Crippen molar-refractivity contribution in [2.75, 3.05) is 26.2 Å². The number of amides is 11. The maximum absolute atomic E-state index is 14.5. The van der Waals surface area contributed by atoms with Gasteiger partial charge < -0.3 is 89.7 Å². The molecule has 0 unspecified atom stereocenters. The van der Waals surface area contributed by atoms with Crippen LogP contribution in [0.3, 0.4) is 0 Å². The Morgan fingerprint density at radius 3 is 2.03 bits per heavy atom. The lowest BCUT2D eigenvalue weighted by Gasteiger charge is -2.31. The largest absolute Gasteiger partial charge is 0.508 e. The molecule has 19 N–H and O–H groups in total. The Kier molecular flexibility index (Phi) is 23.9. The minimum atomic E-state index is -1.77. The van der Waals surface area contributed by atoms with Crippen molar-refractivity contribution in [3.8, 4) is 5.75 Å². The van der Waals surface area contributed by atoms with E-state index in [1.165, 1.54) is 48.6 Å². The molecule has 11 amide bonds. The molecule has 6 rings (SSSR count). The summed E-state index contributed by atoms with van der Waals surface area (Å²) in [6.07, 6.45) is 5.55. The van der Waals surface area contributed by atoms with Gasteiger partial charge in [-0.15, -0.1) is 0 Å². The molecule has 0 aliphatic carbocycles. The number of aromatic nitrogens is 3. The fraction of sp³-hybridized carbons (Fsp3) is 0.482. The number of likely N-dealkylation sites (tertiary alicyclic amines) is 1. The van der Waals surface area contributed by atoms with Gasteiger partial charge in [0.15, 0.2) is 5.96 Å².